The molecule has 0 aliphatic rings. The molecule has 1 amide bonds. The number of carbonyl (C=O) groups excluding carboxylic acids is 1. The Bertz CT molecular complexity index is 1190. The number of aryl methyl sites for hydroxylation is 2. The van der Waals surface area contributed by atoms with E-state index in [1.807, 2.05) is 61.9 Å². The zero-order valence-electron chi connectivity index (χ0n) is 16.2. The number of rotatable bonds is 5. The Labute approximate surface area is 177 Å². The van der Waals surface area contributed by atoms with Crippen LogP contribution in [0.3, 0.4) is 0 Å². The average molecular weight is 427 g/mol. The summed E-state index contributed by atoms with van der Waals surface area (Å²) in [4.78, 5) is 12.4. The molecule has 2 heterocycles. The molecule has 1 N–H and O–H groups in total. The normalized spacial score (nSPS) is 11.2. The maximum Gasteiger partial charge on any atom is 0.234 e. The number of anilines is 1. The van der Waals surface area contributed by atoms with Gasteiger partial charge < -0.3 is 14.3 Å². The van der Waals surface area contributed by atoms with Crippen LogP contribution in [0.2, 0.25) is 5.02 Å². The number of aromatic nitrogens is 3. The van der Waals surface area contributed by atoms with E-state index in [1.54, 1.807) is 6.07 Å². The summed E-state index contributed by atoms with van der Waals surface area (Å²) < 4.78 is 7.68. The summed E-state index contributed by atoms with van der Waals surface area (Å²) in [6.07, 6.45) is 0. The van der Waals surface area contributed by atoms with Gasteiger partial charge in [0.1, 0.15) is 5.58 Å². The van der Waals surface area contributed by atoms with E-state index in [0.717, 1.165) is 27.8 Å². The zero-order valence-corrected chi connectivity index (χ0v) is 17.8. The van der Waals surface area contributed by atoms with Crippen LogP contribution in [0, 0.1) is 13.8 Å². The topological polar surface area (TPSA) is 73.0 Å². The van der Waals surface area contributed by atoms with Crippen molar-refractivity contribution in [3.63, 3.8) is 0 Å². The maximum absolute atomic E-state index is 12.4. The first-order valence-electron chi connectivity index (χ1n) is 9.00. The quantitative estimate of drug-likeness (QED) is 0.442. The molecule has 0 fully saturated rings. The van der Waals surface area contributed by atoms with Gasteiger partial charge in [-0.3, -0.25) is 4.79 Å². The Morgan fingerprint density at radius 1 is 1.17 bits per heavy atom. The summed E-state index contributed by atoms with van der Waals surface area (Å²) in [7, 11) is 1.85. The number of carbonyl (C=O) groups is 1. The van der Waals surface area contributed by atoms with Crippen LogP contribution in [0.5, 0.6) is 0 Å². The monoisotopic (exact) mass is 426 g/mol. The summed E-state index contributed by atoms with van der Waals surface area (Å²) in [5.41, 5.74) is 3.66. The van der Waals surface area contributed by atoms with Gasteiger partial charge in [0.25, 0.3) is 0 Å². The first kappa shape index (κ1) is 19.5. The van der Waals surface area contributed by atoms with Crippen molar-refractivity contribution < 1.29 is 9.21 Å². The van der Waals surface area contributed by atoms with Gasteiger partial charge in [0.15, 0.2) is 16.7 Å². The second kappa shape index (κ2) is 7.93. The zero-order chi connectivity index (χ0) is 20.5. The Balaban J connectivity index is 1.48. The van der Waals surface area contributed by atoms with Crippen LogP contribution in [0.25, 0.3) is 22.6 Å². The van der Waals surface area contributed by atoms with Crippen molar-refractivity contribution in [1.82, 2.24) is 14.8 Å². The van der Waals surface area contributed by atoms with Gasteiger partial charge in [-0.2, -0.15) is 0 Å². The third-order valence-electron chi connectivity index (χ3n) is 4.61. The second-order valence-corrected chi connectivity index (χ2v) is 8.14. The molecule has 0 aliphatic carbocycles. The molecule has 2 aromatic heterocycles. The third-order valence-corrected chi connectivity index (χ3v) is 5.87. The number of benzene rings is 2. The highest BCUT2D eigenvalue weighted by Crippen LogP contribution is 2.30. The highest BCUT2D eigenvalue weighted by Gasteiger charge is 2.17. The standard InChI is InChI=1S/C21H19ClN4O2S/c1-12-5-4-6-13(2)19(12)23-18(27)11-29-21-25-24-20(26(21)3)17-10-14-9-15(22)7-8-16(14)28-17/h4-10H,11H2,1-3H3,(H,23,27). The van der Waals surface area contributed by atoms with Gasteiger partial charge in [-0.05, 0) is 49.2 Å². The van der Waals surface area contributed by atoms with Crippen LogP contribution in [0.1, 0.15) is 11.1 Å². The minimum Gasteiger partial charge on any atom is -0.453 e. The SMILES string of the molecule is Cc1cccc(C)c1NC(=O)CSc1nnc(-c2cc3cc(Cl)ccc3o2)n1C. The second-order valence-electron chi connectivity index (χ2n) is 6.76. The molecule has 4 aromatic rings. The van der Waals surface area contributed by atoms with Crippen LogP contribution >= 0.6 is 23.4 Å². The Morgan fingerprint density at radius 3 is 2.69 bits per heavy atom. The van der Waals surface area contributed by atoms with Crippen molar-refractivity contribution in [2.24, 2.45) is 7.05 Å². The van der Waals surface area contributed by atoms with Crippen molar-refractivity contribution in [3.05, 3.63) is 58.6 Å². The number of fused-ring (bicyclic) bond motifs is 1. The molecule has 0 saturated carbocycles. The van der Waals surface area contributed by atoms with E-state index < -0.39 is 0 Å². The van der Waals surface area contributed by atoms with Gasteiger partial charge in [-0.25, -0.2) is 0 Å². The summed E-state index contributed by atoms with van der Waals surface area (Å²) in [6, 6.07) is 13.3. The first-order chi connectivity index (χ1) is 13.9. The molecule has 0 aliphatic heterocycles. The van der Waals surface area contributed by atoms with Gasteiger partial charge in [-0.15, -0.1) is 10.2 Å². The molecular formula is C21H19ClN4O2S. The molecule has 0 atom stereocenters. The fourth-order valence-electron chi connectivity index (χ4n) is 3.10. The molecule has 0 bridgehead atoms. The number of hydrogen-bond acceptors (Lipinski definition) is 5. The van der Waals surface area contributed by atoms with Crippen LogP contribution in [-0.2, 0) is 11.8 Å². The van der Waals surface area contributed by atoms with Crippen molar-refractivity contribution in [2.75, 3.05) is 11.1 Å². The molecule has 29 heavy (non-hydrogen) atoms. The third kappa shape index (κ3) is 4.02. The van der Waals surface area contributed by atoms with Crippen molar-refractivity contribution >= 4 is 45.9 Å². The number of amides is 1. The van der Waals surface area contributed by atoms with E-state index >= 15 is 0 Å². The van der Waals surface area contributed by atoms with Crippen molar-refractivity contribution in [1.29, 1.82) is 0 Å². The summed E-state index contributed by atoms with van der Waals surface area (Å²) in [5.74, 6) is 1.34. The lowest BCUT2D eigenvalue weighted by Gasteiger charge is -2.11. The smallest absolute Gasteiger partial charge is 0.234 e. The number of halogens is 1. The minimum atomic E-state index is -0.0877. The summed E-state index contributed by atoms with van der Waals surface area (Å²) in [6.45, 7) is 3.95. The fourth-order valence-corrected chi connectivity index (χ4v) is 3.99. The van der Waals surface area contributed by atoms with E-state index in [1.165, 1.54) is 11.8 Å². The molecule has 0 unspecified atom stereocenters. The summed E-state index contributed by atoms with van der Waals surface area (Å²) in [5, 5.41) is 13.6. The number of hydrogen-bond donors (Lipinski definition) is 1. The van der Waals surface area contributed by atoms with Crippen molar-refractivity contribution in [2.45, 2.75) is 19.0 Å². The number of thioether (sulfide) groups is 1. The average Bonchev–Trinajstić information content (AvgIpc) is 3.25. The summed E-state index contributed by atoms with van der Waals surface area (Å²) >= 11 is 7.37. The molecular weight excluding hydrogens is 408 g/mol. The van der Waals surface area contributed by atoms with Crippen molar-refractivity contribution in [3.8, 4) is 11.6 Å². The molecule has 2 aromatic carbocycles. The van der Waals surface area contributed by atoms with E-state index in [0.29, 0.717) is 21.8 Å². The van der Waals surface area contributed by atoms with E-state index in [9.17, 15) is 4.79 Å². The molecule has 0 radical (unpaired) electrons. The van der Waals surface area contributed by atoms with Crippen LogP contribution in [0.15, 0.2) is 52.0 Å². The first-order valence-corrected chi connectivity index (χ1v) is 10.4. The number of furan rings is 1. The van der Waals surface area contributed by atoms with E-state index in [4.69, 9.17) is 16.0 Å². The highest BCUT2D eigenvalue weighted by atomic mass is 35.5. The Kier molecular flexibility index (Phi) is 5.34. The lowest BCUT2D eigenvalue weighted by Crippen LogP contribution is -2.16. The molecule has 4 rings (SSSR count). The predicted molar refractivity (Wildman–Crippen MR) is 116 cm³/mol. The predicted octanol–water partition coefficient (Wildman–Crippen LogP) is 5.23. The highest BCUT2D eigenvalue weighted by molar-refractivity contribution is 7.99. The van der Waals surface area contributed by atoms with Gasteiger partial charge in [-0.1, -0.05) is 41.6 Å². The molecule has 6 nitrogen and oxygen atoms in total. The molecule has 0 spiro atoms. The van der Waals surface area contributed by atoms with E-state index in [-0.39, 0.29) is 11.7 Å². The largest absolute Gasteiger partial charge is 0.453 e. The molecule has 8 heteroatoms. The fraction of sp³-hybridized carbons (Fsp3) is 0.190. The van der Waals surface area contributed by atoms with Gasteiger partial charge in [0.2, 0.25) is 5.91 Å². The lowest BCUT2D eigenvalue weighted by atomic mass is 10.1. The Hall–Kier alpha value is -2.77. The number of nitrogens with zero attached hydrogens (tertiary/aromatic N) is 3. The number of nitrogens with one attached hydrogen (secondary N) is 1. The molecule has 0 saturated heterocycles. The minimum absolute atomic E-state index is 0.0877. The lowest BCUT2D eigenvalue weighted by molar-refractivity contribution is -0.113. The van der Waals surface area contributed by atoms with E-state index in [2.05, 4.69) is 15.5 Å². The van der Waals surface area contributed by atoms with Crippen LogP contribution in [0.4, 0.5) is 5.69 Å². The van der Waals surface area contributed by atoms with Crippen LogP contribution < -0.4 is 5.32 Å². The van der Waals surface area contributed by atoms with Gasteiger partial charge in [0.05, 0.1) is 5.75 Å². The van der Waals surface area contributed by atoms with Gasteiger partial charge in [0, 0.05) is 23.1 Å². The maximum atomic E-state index is 12.4. The van der Waals surface area contributed by atoms with Crippen LogP contribution in [-0.4, -0.2) is 26.4 Å². The van der Waals surface area contributed by atoms with Gasteiger partial charge >= 0.3 is 0 Å². The Morgan fingerprint density at radius 2 is 1.93 bits per heavy atom. The molecule has 148 valence electrons. The number of para-hydroxylation sites is 1.